The zero-order chi connectivity index (χ0) is 27.2. The lowest BCUT2D eigenvalue weighted by Gasteiger charge is -2.09. The molecule has 12 heteroatoms. The van der Waals surface area contributed by atoms with Gasteiger partial charge in [-0.25, -0.2) is 4.79 Å². The van der Waals surface area contributed by atoms with Crippen LogP contribution in [-0.4, -0.2) is 125 Å². The minimum Gasteiger partial charge on any atom is -0.445 e. The van der Waals surface area contributed by atoms with E-state index in [1.165, 1.54) is 0 Å². The first-order chi connectivity index (χ1) is 18.8. The zero-order valence-electron chi connectivity index (χ0n) is 22.5. The Labute approximate surface area is 226 Å². The molecule has 12 nitrogen and oxygen atoms in total. The van der Waals surface area contributed by atoms with Gasteiger partial charge in [0, 0.05) is 13.1 Å². The molecule has 0 aromatic heterocycles. The SMILES string of the molecule is NCCOCCOCCOCCOCCOCCOCCOCCOCCNC(=O)OCc1ccccc1. The predicted octanol–water partition coefficient (Wildman–Crippen LogP) is 1.00. The van der Waals surface area contributed by atoms with Crippen molar-refractivity contribution in [2.45, 2.75) is 6.61 Å². The van der Waals surface area contributed by atoms with E-state index in [4.69, 9.17) is 48.4 Å². The maximum absolute atomic E-state index is 11.6. The molecule has 1 aromatic carbocycles. The highest BCUT2D eigenvalue weighted by Crippen LogP contribution is 2.00. The van der Waals surface area contributed by atoms with E-state index in [0.29, 0.717) is 119 Å². The fraction of sp³-hybridized carbons (Fsp3) is 0.731. The minimum atomic E-state index is -0.466. The molecular formula is C26H46N2O10. The Balaban J connectivity index is 1.67. The Hall–Kier alpha value is -1.87. The second-order valence-electron chi connectivity index (χ2n) is 7.68. The Bertz CT molecular complexity index is 627. The average molecular weight is 547 g/mol. The minimum absolute atomic E-state index is 0.241. The number of carbonyl (C=O) groups excluding carboxylic acids is 1. The van der Waals surface area contributed by atoms with E-state index in [2.05, 4.69) is 5.32 Å². The van der Waals surface area contributed by atoms with Crippen LogP contribution < -0.4 is 11.1 Å². The fourth-order valence-electron chi connectivity index (χ4n) is 2.72. The first-order valence-electron chi connectivity index (χ1n) is 13.1. The summed E-state index contributed by atoms with van der Waals surface area (Å²) in [4.78, 5) is 11.6. The van der Waals surface area contributed by atoms with Gasteiger partial charge >= 0.3 is 6.09 Å². The second-order valence-corrected chi connectivity index (χ2v) is 7.68. The zero-order valence-corrected chi connectivity index (χ0v) is 22.5. The van der Waals surface area contributed by atoms with E-state index in [1.807, 2.05) is 30.3 Å². The number of carbonyl (C=O) groups is 1. The monoisotopic (exact) mass is 546 g/mol. The summed E-state index contributed by atoms with van der Waals surface area (Å²) in [7, 11) is 0. The summed E-state index contributed by atoms with van der Waals surface area (Å²) < 4.78 is 48.2. The number of hydrogen-bond acceptors (Lipinski definition) is 11. The molecule has 0 bridgehead atoms. The summed E-state index contributed by atoms with van der Waals surface area (Å²) in [6.07, 6.45) is -0.466. The third kappa shape index (κ3) is 24.5. The van der Waals surface area contributed by atoms with Gasteiger partial charge in [0.2, 0.25) is 0 Å². The van der Waals surface area contributed by atoms with Crippen molar-refractivity contribution < 1.29 is 47.4 Å². The lowest BCUT2D eigenvalue weighted by Crippen LogP contribution is -2.28. The third-order valence-electron chi connectivity index (χ3n) is 4.59. The van der Waals surface area contributed by atoms with Crippen LogP contribution in [0.1, 0.15) is 5.56 Å². The van der Waals surface area contributed by atoms with Gasteiger partial charge in [0.1, 0.15) is 6.61 Å². The van der Waals surface area contributed by atoms with Crippen molar-refractivity contribution in [3.63, 3.8) is 0 Å². The molecule has 0 heterocycles. The van der Waals surface area contributed by atoms with Crippen LogP contribution in [0, 0.1) is 0 Å². The van der Waals surface area contributed by atoms with Crippen LogP contribution in [0.4, 0.5) is 4.79 Å². The number of ether oxygens (including phenoxy) is 9. The highest BCUT2D eigenvalue weighted by atomic mass is 16.6. The molecule has 0 saturated heterocycles. The van der Waals surface area contributed by atoms with E-state index in [1.54, 1.807) is 0 Å². The number of nitrogens with two attached hydrogens (primary N) is 1. The van der Waals surface area contributed by atoms with Crippen molar-refractivity contribution in [1.29, 1.82) is 0 Å². The van der Waals surface area contributed by atoms with Crippen LogP contribution in [0.2, 0.25) is 0 Å². The quantitative estimate of drug-likeness (QED) is 0.146. The maximum atomic E-state index is 11.6. The van der Waals surface area contributed by atoms with Gasteiger partial charge in [0.15, 0.2) is 0 Å². The largest absolute Gasteiger partial charge is 0.445 e. The highest BCUT2D eigenvalue weighted by Gasteiger charge is 2.01. The number of benzene rings is 1. The molecule has 0 saturated carbocycles. The summed E-state index contributed by atoms with van der Waals surface area (Å²) in [6, 6.07) is 9.51. The molecule has 1 amide bonds. The summed E-state index contributed by atoms with van der Waals surface area (Å²) in [5.74, 6) is 0. The topological polar surface area (TPSA) is 138 Å². The molecular weight excluding hydrogens is 500 g/mol. The fourth-order valence-corrected chi connectivity index (χ4v) is 2.72. The van der Waals surface area contributed by atoms with Gasteiger partial charge in [-0.1, -0.05) is 30.3 Å². The first-order valence-corrected chi connectivity index (χ1v) is 13.1. The standard InChI is InChI=1S/C26H46N2O10/c27-6-8-30-10-12-32-14-16-34-18-20-36-22-23-37-21-19-35-17-15-33-13-11-31-9-7-28-26(29)38-24-25-4-2-1-3-5-25/h1-5H,6-24,27H2,(H,28,29). The maximum Gasteiger partial charge on any atom is 0.407 e. The van der Waals surface area contributed by atoms with E-state index in [9.17, 15) is 4.79 Å². The molecule has 0 radical (unpaired) electrons. The number of amides is 1. The van der Waals surface area contributed by atoms with Crippen LogP contribution in [0.3, 0.4) is 0 Å². The number of nitrogens with one attached hydrogen (secondary N) is 1. The predicted molar refractivity (Wildman–Crippen MR) is 140 cm³/mol. The molecule has 3 N–H and O–H groups in total. The van der Waals surface area contributed by atoms with Crippen LogP contribution >= 0.6 is 0 Å². The summed E-state index contributed by atoms with van der Waals surface area (Å²) in [5, 5.41) is 2.64. The van der Waals surface area contributed by atoms with E-state index in [0.717, 1.165) is 5.56 Å². The molecule has 38 heavy (non-hydrogen) atoms. The molecule has 0 atom stereocenters. The smallest absolute Gasteiger partial charge is 0.407 e. The molecule has 1 aromatic rings. The van der Waals surface area contributed by atoms with Gasteiger partial charge < -0.3 is 53.7 Å². The van der Waals surface area contributed by atoms with E-state index in [-0.39, 0.29) is 6.61 Å². The van der Waals surface area contributed by atoms with Crippen LogP contribution in [0.25, 0.3) is 0 Å². The van der Waals surface area contributed by atoms with Gasteiger partial charge in [-0.3, -0.25) is 0 Å². The van der Waals surface area contributed by atoms with Crippen LogP contribution in [0.15, 0.2) is 30.3 Å². The van der Waals surface area contributed by atoms with Gasteiger partial charge in [0.25, 0.3) is 0 Å². The summed E-state index contributed by atoms with van der Waals surface area (Å²) in [5.41, 5.74) is 6.26. The lowest BCUT2D eigenvalue weighted by atomic mass is 10.2. The summed E-state index contributed by atoms with van der Waals surface area (Å²) >= 11 is 0. The van der Waals surface area contributed by atoms with E-state index >= 15 is 0 Å². The Kier molecular flexibility index (Phi) is 25.3. The Morgan fingerprint density at radius 3 is 1.32 bits per heavy atom. The molecule has 0 unspecified atom stereocenters. The third-order valence-corrected chi connectivity index (χ3v) is 4.59. The number of rotatable bonds is 28. The average Bonchev–Trinajstić information content (AvgIpc) is 2.94. The van der Waals surface area contributed by atoms with Crippen LogP contribution in [0.5, 0.6) is 0 Å². The molecule has 220 valence electrons. The van der Waals surface area contributed by atoms with Crippen molar-refractivity contribution >= 4 is 6.09 Å². The van der Waals surface area contributed by atoms with Crippen molar-refractivity contribution in [2.24, 2.45) is 5.73 Å². The molecule has 0 fully saturated rings. The first kappa shape index (κ1) is 34.2. The van der Waals surface area contributed by atoms with Crippen molar-refractivity contribution in [1.82, 2.24) is 5.32 Å². The lowest BCUT2D eigenvalue weighted by molar-refractivity contribution is -0.0228. The van der Waals surface area contributed by atoms with Crippen molar-refractivity contribution in [3.05, 3.63) is 35.9 Å². The van der Waals surface area contributed by atoms with E-state index < -0.39 is 6.09 Å². The van der Waals surface area contributed by atoms with Crippen LogP contribution in [-0.2, 0) is 49.2 Å². The van der Waals surface area contributed by atoms with Gasteiger partial charge in [0.05, 0.1) is 106 Å². The molecule has 0 spiro atoms. The highest BCUT2D eigenvalue weighted by molar-refractivity contribution is 5.67. The summed E-state index contributed by atoms with van der Waals surface area (Å²) in [6.45, 7) is 9.09. The Morgan fingerprint density at radius 2 is 0.921 bits per heavy atom. The van der Waals surface area contributed by atoms with Crippen molar-refractivity contribution in [2.75, 3.05) is 119 Å². The van der Waals surface area contributed by atoms with Gasteiger partial charge in [-0.2, -0.15) is 0 Å². The van der Waals surface area contributed by atoms with Gasteiger partial charge in [-0.15, -0.1) is 0 Å². The second kappa shape index (κ2) is 28.1. The molecule has 0 aliphatic heterocycles. The molecule has 0 aliphatic carbocycles. The van der Waals surface area contributed by atoms with Crippen molar-refractivity contribution in [3.8, 4) is 0 Å². The number of alkyl carbamates (subject to hydrolysis) is 1. The molecule has 0 aliphatic rings. The van der Waals surface area contributed by atoms with Gasteiger partial charge in [-0.05, 0) is 5.56 Å². The normalized spacial score (nSPS) is 11.1. The number of hydrogen-bond donors (Lipinski definition) is 2. The Morgan fingerprint density at radius 1 is 0.553 bits per heavy atom. The molecule has 1 rings (SSSR count).